The summed E-state index contributed by atoms with van der Waals surface area (Å²) in [5.41, 5.74) is 8.32. The van der Waals surface area contributed by atoms with E-state index in [2.05, 4.69) is 17.1 Å². The zero-order valence-corrected chi connectivity index (χ0v) is 13.7. The highest BCUT2D eigenvalue weighted by atomic mass is 32.2. The third-order valence-electron chi connectivity index (χ3n) is 4.00. The Morgan fingerprint density at radius 2 is 2.33 bits per heavy atom. The van der Waals surface area contributed by atoms with Gasteiger partial charge in [-0.1, -0.05) is 6.07 Å². The lowest BCUT2D eigenvalue weighted by atomic mass is 10.1. The molecule has 4 nitrogen and oxygen atoms in total. The zero-order valence-electron chi connectivity index (χ0n) is 12.9. The molecule has 1 unspecified atom stereocenters. The molecule has 1 heterocycles. The van der Waals surface area contributed by atoms with Crippen LogP contribution in [0, 0.1) is 6.92 Å². The van der Waals surface area contributed by atoms with Gasteiger partial charge in [0.1, 0.15) is 0 Å². The fourth-order valence-electron chi connectivity index (χ4n) is 2.54. The molecule has 1 aliphatic rings. The number of thioether (sulfide) groups is 1. The average Bonchev–Trinajstić information content (AvgIpc) is 2.46. The second-order valence-corrected chi connectivity index (χ2v) is 6.78. The number of carbonyl (C=O) groups excluding carboxylic acids is 1. The first-order valence-corrected chi connectivity index (χ1v) is 8.70. The van der Waals surface area contributed by atoms with Crippen molar-refractivity contribution in [1.29, 1.82) is 0 Å². The van der Waals surface area contributed by atoms with Crippen molar-refractivity contribution in [2.75, 3.05) is 35.6 Å². The number of hydrogen-bond donors (Lipinski definition) is 2. The molecule has 1 saturated heterocycles. The minimum absolute atomic E-state index is 0.0720. The normalized spacial score (nSPS) is 19.4. The highest BCUT2D eigenvalue weighted by Gasteiger charge is 2.18. The summed E-state index contributed by atoms with van der Waals surface area (Å²) in [5.74, 6) is 2.48. The van der Waals surface area contributed by atoms with Crippen LogP contribution in [-0.2, 0) is 4.79 Å². The van der Waals surface area contributed by atoms with Crippen molar-refractivity contribution in [3.63, 3.8) is 0 Å². The van der Waals surface area contributed by atoms with Crippen LogP contribution in [0.15, 0.2) is 18.2 Å². The predicted molar refractivity (Wildman–Crippen MR) is 91.8 cm³/mol. The molecule has 3 N–H and O–H groups in total. The lowest BCUT2D eigenvalue weighted by Gasteiger charge is -2.32. The molecule has 0 bridgehead atoms. The minimum atomic E-state index is 0.0720. The molecule has 0 aromatic heterocycles. The van der Waals surface area contributed by atoms with Gasteiger partial charge in [0.25, 0.3) is 0 Å². The Labute approximate surface area is 131 Å². The number of nitrogen functional groups attached to an aromatic ring is 1. The number of nitrogens with two attached hydrogens (primary N) is 1. The van der Waals surface area contributed by atoms with Gasteiger partial charge >= 0.3 is 0 Å². The maximum atomic E-state index is 12.0. The van der Waals surface area contributed by atoms with Gasteiger partial charge in [-0.15, -0.1) is 0 Å². The van der Waals surface area contributed by atoms with Crippen LogP contribution in [0.1, 0.15) is 25.3 Å². The van der Waals surface area contributed by atoms with Gasteiger partial charge in [0, 0.05) is 41.9 Å². The molecule has 0 aliphatic carbocycles. The Kier molecular flexibility index (Phi) is 5.94. The number of benzene rings is 1. The van der Waals surface area contributed by atoms with Crippen LogP contribution in [0.3, 0.4) is 0 Å². The van der Waals surface area contributed by atoms with Crippen molar-refractivity contribution >= 4 is 29.0 Å². The molecule has 1 fully saturated rings. The van der Waals surface area contributed by atoms with Crippen molar-refractivity contribution in [1.82, 2.24) is 4.90 Å². The molecule has 2 rings (SSSR count). The summed E-state index contributed by atoms with van der Waals surface area (Å²) in [4.78, 5) is 14.5. The van der Waals surface area contributed by atoms with Gasteiger partial charge in [0.2, 0.25) is 5.91 Å². The molecule has 0 radical (unpaired) electrons. The topological polar surface area (TPSA) is 58.4 Å². The van der Waals surface area contributed by atoms with E-state index < -0.39 is 0 Å². The van der Waals surface area contributed by atoms with Gasteiger partial charge < -0.3 is 11.1 Å². The Bertz CT molecular complexity index is 492. The van der Waals surface area contributed by atoms with E-state index in [1.54, 1.807) is 0 Å². The lowest BCUT2D eigenvalue weighted by molar-refractivity contribution is -0.116. The monoisotopic (exact) mass is 307 g/mol. The summed E-state index contributed by atoms with van der Waals surface area (Å²) in [7, 11) is 0. The van der Waals surface area contributed by atoms with Crippen molar-refractivity contribution in [2.24, 2.45) is 0 Å². The molecule has 116 valence electrons. The molecule has 5 heteroatoms. The molecule has 1 aromatic carbocycles. The first-order chi connectivity index (χ1) is 10.1. The highest BCUT2D eigenvalue weighted by molar-refractivity contribution is 7.99. The van der Waals surface area contributed by atoms with E-state index >= 15 is 0 Å². The number of carbonyl (C=O) groups is 1. The van der Waals surface area contributed by atoms with Gasteiger partial charge in [0.05, 0.1) is 0 Å². The van der Waals surface area contributed by atoms with E-state index in [1.807, 2.05) is 36.9 Å². The summed E-state index contributed by atoms with van der Waals surface area (Å²) >= 11 is 2.02. The quantitative estimate of drug-likeness (QED) is 0.821. The Balaban J connectivity index is 1.76. The summed E-state index contributed by atoms with van der Waals surface area (Å²) in [5, 5.41) is 2.96. The van der Waals surface area contributed by atoms with Crippen LogP contribution >= 0.6 is 11.8 Å². The van der Waals surface area contributed by atoms with Gasteiger partial charge in [-0.3, -0.25) is 9.69 Å². The standard InChI is InChI=1S/C16H25N3OS/c1-12-11-21-10-9-19(12)8-4-7-16(20)18-15-6-3-5-14(17)13(15)2/h3,5-6,12H,4,7-11,17H2,1-2H3,(H,18,20). The molecule has 1 atom stereocenters. The van der Waals surface area contributed by atoms with E-state index in [4.69, 9.17) is 5.73 Å². The van der Waals surface area contributed by atoms with Crippen LogP contribution in [0.25, 0.3) is 0 Å². The third-order valence-corrected chi connectivity index (χ3v) is 5.19. The van der Waals surface area contributed by atoms with Crippen LogP contribution in [0.2, 0.25) is 0 Å². The number of anilines is 2. The number of nitrogens with zero attached hydrogens (tertiary/aromatic N) is 1. The summed E-state index contributed by atoms with van der Waals surface area (Å²) in [6, 6.07) is 6.24. The summed E-state index contributed by atoms with van der Waals surface area (Å²) in [6.07, 6.45) is 1.47. The van der Waals surface area contributed by atoms with Crippen molar-refractivity contribution in [2.45, 2.75) is 32.7 Å². The fourth-order valence-corrected chi connectivity index (χ4v) is 3.62. The molecule has 21 heavy (non-hydrogen) atoms. The van der Waals surface area contributed by atoms with Gasteiger partial charge in [-0.2, -0.15) is 11.8 Å². The van der Waals surface area contributed by atoms with Crippen molar-refractivity contribution in [3.05, 3.63) is 23.8 Å². The minimum Gasteiger partial charge on any atom is -0.398 e. The van der Waals surface area contributed by atoms with Crippen LogP contribution in [-0.4, -0.2) is 41.4 Å². The maximum Gasteiger partial charge on any atom is 0.224 e. The smallest absolute Gasteiger partial charge is 0.224 e. The average molecular weight is 307 g/mol. The van der Waals surface area contributed by atoms with Crippen LogP contribution < -0.4 is 11.1 Å². The molecular formula is C16H25N3OS. The fraction of sp³-hybridized carbons (Fsp3) is 0.562. The number of nitrogens with one attached hydrogen (secondary N) is 1. The van der Waals surface area contributed by atoms with Crippen LogP contribution in [0.4, 0.5) is 11.4 Å². The van der Waals surface area contributed by atoms with E-state index in [1.165, 1.54) is 11.5 Å². The number of rotatable bonds is 5. The molecule has 0 saturated carbocycles. The maximum absolute atomic E-state index is 12.0. The molecular weight excluding hydrogens is 282 g/mol. The zero-order chi connectivity index (χ0) is 15.2. The van der Waals surface area contributed by atoms with Gasteiger partial charge in [-0.05, 0) is 44.5 Å². The molecule has 1 amide bonds. The Morgan fingerprint density at radius 1 is 1.52 bits per heavy atom. The van der Waals surface area contributed by atoms with Gasteiger partial charge in [0.15, 0.2) is 0 Å². The van der Waals surface area contributed by atoms with E-state index in [0.717, 1.165) is 30.8 Å². The molecule has 1 aliphatic heterocycles. The summed E-state index contributed by atoms with van der Waals surface area (Å²) < 4.78 is 0. The molecule has 0 spiro atoms. The third kappa shape index (κ3) is 4.64. The van der Waals surface area contributed by atoms with Gasteiger partial charge in [-0.25, -0.2) is 0 Å². The van der Waals surface area contributed by atoms with Crippen LogP contribution in [0.5, 0.6) is 0 Å². The summed E-state index contributed by atoms with van der Waals surface area (Å²) in [6.45, 7) is 6.34. The van der Waals surface area contributed by atoms with Crippen molar-refractivity contribution < 1.29 is 4.79 Å². The lowest BCUT2D eigenvalue weighted by Crippen LogP contribution is -2.41. The largest absolute Gasteiger partial charge is 0.398 e. The second kappa shape index (κ2) is 7.71. The number of hydrogen-bond acceptors (Lipinski definition) is 4. The van der Waals surface area contributed by atoms with E-state index in [-0.39, 0.29) is 5.91 Å². The van der Waals surface area contributed by atoms with Crippen molar-refractivity contribution in [3.8, 4) is 0 Å². The van der Waals surface area contributed by atoms with E-state index in [0.29, 0.717) is 18.2 Å². The first kappa shape index (κ1) is 16.2. The first-order valence-electron chi connectivity index (χ1n) is 7.54. The SMILES string of the molecule is Cc1c(N)cccc1NC(=O)CCCN1CCSCC1C. The second-order valence-electron chi connectivity index (χ2n) is 5.63. The highest BCUT2D eigenvalue weighted by Crippen LogP contribution is 2.21. The van der Waals surface area contributed by atoms with E-state index in [9.17, 15) is 4.79 Å². The predicted octanol–water partition coefficient (Wildman–Crippen LogP) is 2.73. The Morgan fingerprint density at radius 3 is 3.10 bits per heavy atom. The number of amides is 1. The Hall–Kier alpha value is -1.20. The molecule has 1 aromatic rings.